The van der Waals surface area contributed by atoms with E-state index >= 15 is 4.39 Å². The van der Waals surface area contributed by atoms with Gasteiger partial charge in [-0.05, 0) is 17.7 Å². The second kappa shape index (κ2) is 10.1. The van der Waals surface area contributed by atoms with Gasteiger partial charge in [0.05, 0.1) is 0 Å². The Morgan fingerprint density at radius 1 is 1.05 bits per heavy atom. The van der Waals surface area contributed by atoms with Crippen LogP contribution in [-0.2, 0) is 4.79 Å². The fourth-order valence-electron chi connectivity index (χ4n) is 4.57. The van der Waals surface area contributed by atoms with Crippen LogP contribution in [0.3, 0.4) is 0 Å². The summed E-state index contributed by atoms with van der Waals surface area (Å²) >= 11 is 1.33. The predicted octanol–water partition coefficient (Wildman–Crippen LogP) is 4.33. The summed E-state index contributed by atoms with van der Waals surface area (Å²) in [4.78, 5) is 24.2. The van der Waals surface area contributed by atoms with E-state index in [-0.39, 0.29) is 11.4 Å². The third kappa shape index (κ3) is 4.68. The first-order valence-electron chi connectivity index (χ1n) is 12.0. The maximum atomic E-state index is 15.8. The summed E-state index contributed by atoms with van der Waals surface area (Å²) < 4.78 is 17.3. The fourth-order valence-corrected chi connectivity index (χ4v) is 5.10. The molecule has 3 aromatic heterocycles. The summed E-state index contributed by atoms with van der Waals surface area (Å²) in [5.74, 6) is 0.135. The van der Waals surface area contributed by atoms with Gasteiger partial charge in [-0.15, -0.1) is 11.3 Å². The van der Waals surface area contributed by atoms with Crippen LogP contribution in [0.1, 0.15) is 11.6 Å². The molecule has 8 nitrogen and oxygen atoms in total. The lowest BCUT2D eigenvalue weighted by atomic mass is 10.1. The quantitative estimate of drug-likeness (QED) is 0.351. The summed E-state index contributed by atoms with van der Waals surface area (Å²) in [7, 11) is 0. The average molecular weight is 514 g/mol. The van der Waals surface area contributed by atoms with Crippen LogP contribution in [0, 0.1) is 5.82 Å². The summed E-state index contributed by atoms with van der Waals surface area (Å²) in [5, 5.41) is 13.6. The number of nitrogens with zero attached hydrogens (tertiary/aromatic N) is 5. The summed E-state index contributed by atoms with van der Waals surface area (Å²) in [6.07, 6.45) is 5.03. The highest BCUT2D eigenvalue weighted by atomic mass is 32.1. The second-order valence-electron chi connectivity index (χ2n) is 8.76. The number of rotatable bonds is 6. The highest BCUT2D eigenvalue weighted by Crippen LogP contribution is 2.31. The van der Waals surface area contributed by atoms with E-state index in [1.807, 2.05) is 48.5 Å². The normalized spacial score (nSPS) is 14.6. The van der Waals surface area contributed by atoms with Gasteiger partial charge in [0.15, 0.2) is 17.0 Å². The van der Waals surface area contributed by atoms with E-state index in [4.69, 9.17) is 0 Å². The lowest BCUT2D eigenvalue weighted by Crippen LogP contribution is -2.43. The molecule has 2 N–H and O–H groups in total. The molecule has 1 aliphatic heterocycles. The molecule has 5 aromatic rings. The molecule has 1 amide bonds. The first kappa shape index (κ1) is 23.3. The number of carbonyl (C=O) groups is 1. The van der Waals surface area contributed by atoms with E-state index in [9.17, 15) is 4.79 Å². The van der Waals surface area contributed by atoms with Crippen LogP contribution in [0.5, 0.6) is 0 Å². The van der Waals surface area contributed by atoms with E-state index in [2.05, 4.69) is 30.6 Å². The van der Waals surface area contributed by atoms with Gasteiger partial charge in [-0.25, -0.2) is 14.4 Å². The smallest absolute Gasteiger partial charge is 0.255 e. The number of hydrogen-bond donors (Lipinski definition) is 2. The third-order valence-corrected chi connectivity index (χ3v) is 7.11. The van der Waals surface area contributed by atoms with Crippen LogP contribution in [0.15, 0.2) is 78.6 Å². The number of halogens is 1. The largest absolute Gasteiger partial charge is 0.354 e. The van der Waals surface area contributed by atoms with Crippen molar-refractivity contribution in [2.45, 2.75) is 6.04 Å². The van der Waals surface area contributed by atoms with Crippen molar-refractivity contribution in [2.24, 2.45) is 0 Å². The maximum absolute atomic E-state index is 15.8. The lowest BCUT2D eigenvalue weighted by molar-refractivity contribution is -0.118. The number of aromatic nitrogens is 4. The Hall–Kier alpha value is -4.15. The molecule has 1 atom stereocenters. The maximum Gasteiger partial charge on any atom is 0.255 e. The Kier molecular flexibility index (Phi) is 6.33. The number of nitrogens with one attached hydrogen (secondary N) is 2. The predicted molar refractivity (Wildman–Crippen MR) is 143 cm³/mol. The van der Waals surface area contributed by atoms with Crippen LogP contribution >= 0.6 is 11.3 Å². The first-order valence-corrected chi connectivity index (χ1v) is 12.9. The first-order chi connectivity index (χ1) is 18.2. The standard InChI is InChI=1S/C27H24FN7OS/c28-23-21(19-7-9-22(31-16-19)34-13-10-29-11-14-34)8-6-20-17-35(33-24(20)23)25(18-4-2-1-3-5-18)26(36)32-27-30-12-15-37-27/h1-9,12,15-17,25,29H,10-11,13-14H2,(H,30,32,36). The Balaban J connectivity index is 1.34. The minimum absolute atomic E-state index is 0.201. The van der Waals surface area contributed by atoms with Crippen molar-refractivity contribution in [2.75, 3.05) is 36.4 Å². The monoisotopic (exact) mass is 513 g/mol. The lowest BCUT2D eigenvalue weighted by Gasteiger charge is -2.28. The van der Waals surface area contributed by atoms with Gasteiger partial charge < -0.3 is 10.2 Å². The number of hydrogen-bond acceptors (Lipinski definition) is 7. The van der Waals surface area contributed by atoms with E-state index in [0.29, 0.717) is 21.6 Å². The summed E-state index contributed by atoms with van der Waals surface area (Å²) in [6, 6.07) is 15.9. The van der Waals surface area contributed by atoms with Crippen molar-refractivity contribution in [3.05, 3.63) is 89.9 Å². The molecule has 10 heteroatoms. The zero-order chi connectivity index (χ0) is 25.2. The van der Waals surface area contributed by atoms with Gasteiger partial charge in [0, 0.05) is 66.7 Å². The second-order valence-corrected chi connectivity index (χ2v) is 9.65. The Morgan fingerprint density at radius 2 is 1.89 bits per heavy atom. The van der Waals surface area contributed by atoms with Crippen molar-refractivity contribution in [1.82, 2.24) is 25.1 Å². The molecule has 186 valence electrons. The van der Waals surface area contributed by atoms with Crippen LogP contribution in [0.25, 0.3) is 22.0 Å². The van der Waals surface area contributed by atoms with Crippen molar-refractivity contribution in [1.29, 1.82) is 0 Å². The van der Waals surface area contributed by atoms with Gasteiger partial charge >= 0.3 is 0 Å². The van der Waals surface area contributed by atoms with Gasteiger partial charge in [-0.2, -0.15) is 5.10 Å². The van der Waals surface area contributed by atoms with Gasteiger partial charge in [0.25, 0.3) is 5.91 Å². The minimum atomic E-state index is -0.791. The van der Waals surface area contributed by atoms with Gasteiger partial charge in [-0.3, -0.25) is 14.8 Å². The molecule has 0 spiro atoms. The van der Waals surface area contributed by atoms with E-state index in [0.717, 1.165) is 37.6 Å². The molecule has 6 rings (SSSR count). The van der Waals surface area contributed by atoms with Crippen molar-refractivity contribution in [3.63, 3.8) is 0 Å². The fraction of sp³-hybridized carbons (Fsp3) is 0.185. The molecule has 37 heavy (non-hydrogen) atoms. The zero-order valence-electron chi connectivity index (χ0n) is 19.8. The van der Waals surface area contributed by atoms with E-state index in [1.165, 1.54) is 16.0 Å². The Bertz CT molecular complexity index is 1510. The van der Waals surface area contributed by atoms with Crippen molar-refractivity contribution in [3.8, 4) is 11.1 Å². The number of carbonyl (C=O) groups excluding carboxylic acids is 1. The molecular weight excluding hydrogens is 489 g/mol. The number of fused-ring (bicyclic) bond motifs is 1. The van der Waals surface area contributed by atoms with Crippen molar-refractivity contribution >= 4 is 39.1 Å². The number of pyridine rings is 1. The van der Waals surface area contributed by atoms with Crippen molar-refractivity contribution < 1.29 is 9.18 Å². The van der Waals surface area contributed by atoms with Gasteiger partial charge in [0.2, 0.25) is 0 Å². The molecule has 0 bridgehead atoms. The van der Waals surface area contributed by atoms with Crippen LogP contribution in [0.4, 0.5) is 15.3 Å². The molecule has 1 fully saturated rings. The number of benzene rings is 2. The van der Waals surface area contributed by atoms with Crippen LogP contribution in [-0.4, -0.2) is 51.8 Å². The van der Waals surface area contributed by atoms with Gasteiger partial charge in [-0.1, -0.05) is 42.5 Å². The molecule has 1 saturated heterocycles. The molecule has 0 aliphatic carbocycles. The number of anilines is 2. The topological polar surface area (TPSA) is 88.0 Å². The zero-order valence-corrected chi connectivity index (χ0v) is 20.7. The Morgan fingerprint density at radius 3 is 2.62 bits per heavy atom. The minimum Gasteiger partial charge on any atom is -0.354 e. The molecular formula is C27H24FN7OS. The molecule has 2 aromatic carbocycles. The molecule has 0 radical (unpaired) electrons. The highest BCUT2D eigenvalue weighted by molar-refractivity contribution is 7.13. The summed E-state index contributed by atoms with van der Waals surface area (Å²) in [5.41, 5.74) is 2.03. The summed E-state index contributed by atoms with van der Waals surface area (Å²) in [6.45, 7) is 3.62. The van der Waals surface area contributed by atoms with Gasteiger partial charge in [0.1, 0.15) is 11.3 Å². The number of thiazole rings is 1. The number of amides is 1. The number of piperazine rings is 1. The Labute approximate surface area is 216 Å². The highest BCUT2D eigenvalue weighted by Gasteiger charge is 2.26. The molecule has 1 aliphatic rings. The van der Waals surface area contributed by atoms with Crippen LogP contribution in [0.2, 0.25) is 0 Å². The van der Waals surface area contributed by atoms with E-state index < -0.39 is 11.9 Å². The average Bonchev–Trinajstić information content (AvgIpc) is 3.61. The molecule has 0 saturated carbocycles. The molecule has 4 heterocycles. The molecule has 1 unspecified atom stereocenters. The van der Waals surface area contributed by atoms with E-state index in [1.54, 1.807) is 30.0 Å². The SMILES string of the molecule is O=C(Nc1nccs1)C(c1ccccc1)n1cc2ccc(-c3ccc(N4CCNCC4)nc3)c(F)c2n1. The third-order valence-electron chi connectivity index (χ3n) is 6.42. The van der Waals surface area contributed by atoms with Crippen LogP contribution < -0.4 is 15.5 Å².